The number of hydrogen-bond acceptors (Lipinski definition) is 4. The molecule has 1 rings (SSSR count). The van der Waals surface area contributed by atoms with Crippen molar-refractivity contribution in [3.8, 4) is 0 Å². The normalized spacial score (nSPS) is 19.1. The summed E-state index contributed by atoms with van der Waals surface area (Å²) in [4.78, 5) is 10.8. The third kappa shape index (κ3) is 3.42. The molecule has 0 unspecified atom stereocenters. The lowest BCUT2D eigenvalue weighted by molar-refractivity contribution is -0.118. The van der Waals surface area contributed by atoms with Crippen LogP contribution in [-0.4, -0.2) is 30.0 Å². The van der Waals surface area contributed by atoms with Gasteiger partial charge in [0.05, 0.1) is 5.75 Å². The minimum Gasteiger partial charge on any atom is -0.317 e. The minimum absolute atomic E-state index is 0.0847. The number of nitrogens with two attached hydrogens (primary N) is 1. The number of carbonyl (C=O) groups is 1. The van der Waals surface area contributed by atoms with Crippen molar-refractivity contribution < 1.29 is 4.79 Å². The first-order valence-corrected chi connectivity index (χ1v) is 5.19. The zero-order valence-corrected chi connectivity index (χ0v) is 7.82. The molecule has 70 valence electrons. The molecule has 0 bridgehead atoms. The number of carbonyl (C=O) groups excluding carboxylic acids is 1. The van der Waals surface area contributed by atoms with E-state index in [-0.39, 0.29) is 5.91 Å². The van der Waals surface area contributed by atoms with Crippen LogP contribution >= 0.6 is 11.8 Å². The van der Waals surface area contributed by atoms with Gasteiger partial charge in [0, 0.05) is 5.25 Å². The summed E-state index contributed by atoms with van der Waals surface area (Å²) in [5, 5.41) is 3.91. The fraction of sp³-hybridized carbons (Fsp3) is 0.857. The molecule has 1 fully saturated rings. The van der Waals surface area contributed by atoms with Gasteiger partial charge in [-0.1, -0.05) is 0 Å². The molecule has 1 aliphatic rings. The molecule has 1 heterocycles. The van der Waals surface area contributed by atoms with Crippen LogP contribution in [0.15, 0.2) is 0 Å². The van der Waals surface area contributed by atoms with Crippen molar-refractivity contribution in [3.05, 3.63) is 0 Å². The number of nitrogens with one attached hydrogen (secondary N) is 2. The van der Waals surface area contributed by atoms with Gasteiger partial charge in [0.2, 0.25) is 5.91 Å². The van der Waals surface area contributed by atoms with Gasteiger partial charge in [-0.3, -0.25) is 10.2 Å². The molecule has 4 nitrogen and oxygen atoms in total. The highest BCUT2D eigenvalue weighted by Gasteiger charge is 2.14. The summed E-state index contributed by atoms with van der Waals surface area (Å²) in [6, 6.07) is 0. The molecule has 0 saturated carbocycles. The van der Waals surface area contributed by atoms with Crippen molar-refractivity contribution >= 4 is 17.7 Å². The first-order chi connectivity index (χ1) is 5.83. The molecule has 0 spiro atoms. The van der Waals surface area contributed by atoms with Gasteiger partial charge in [-0.05, 0) is 25.9 Å². The van der Waals surface area contributed by atoms with Crippen LogP contribution in [0.5, 0.6) is 0 Å². The fourth-order valence-electron chi connectivity index (χ4n) is 1.20. The monoisotopic (exact) mass is 189 g/mol. The van der Waals surface area contributed by atoms with Crippen LogP contribution in [0.3, 0.4) is 0 Å². The smallest absolute Gasteiger partial charge is 0.243 e. The molecule has 1 aliphatic heterocycles. The van der Waals surface area contributed by atoms with E-state index in [1.807, 2.05) is 0 Å². The second kappa shape index (κ2) is 5.40. The molecule has 1 saturated heterocycles. The Balaban J connectivity index is 2.09. The van der Waals surface area contributed by atoms with Gasteiger partial charge < -0.3 is 5.32 Å². The lowest BCUT2D eigenvalue weighted by Gasteiger charge is -2.21. The van der Waals surface area contributed by atoms with Crippen LogP contribution in [0, 0.1) is 0 Å². The van der Waals surface area contributed by atoms with E-state index in [2.05, 4.69) is 10.7 Å². The third-order valence-electron chi connectivity index (χ3n) is 1.90. The highest BCUT2D eigenvalue weighted by molar-refractivity contribution is 8.00. The topological polar surface area (TPSA) is 67.1 Å². The van der Waals surface area contributed by atoms with Gasteiger partial charge in [-0.2, -0.15) is 0 Å². The maximum absolute atomic E-state index is 10.8. The number of hydrogen-bond donors (Lipinski definition) is 3. The number of hydrazine groups is 1. The van der Waals surface area contributed by atoms with E-state index in [0.29, 0.717) is 11.0 Å². The molecule has 0 radical (unpaired) electrons. The highest BCUT2D eigenvalue weighted by Crippen LogP contribution is 2.19. The van der Waals surface area contributed by atoms with Crippen molar-refractivity contribution in [2.75, 3.05) is 18.8 Å². The Morgan fingerprint density at radius 1 is 1.58 bits per heavy atom. The highest BCUT2D eigenvalue weighted by atomic mass is 32.2. The summed E-state index contributed by atoms with van der Waals surface area (Å²) < 4.78 is 0. The fourth-order valence-corrected chi connectivity index (χ4v) is 2.24. The lowest BCUT2D eigenvalue weighted by atomic mass is 10.2. The van der Waals surface area contributed by atoms with Crippen LogP contribution in [-0.2, 0) is 4.79 Å². The average molecular weight is 189 g/mol. The van der Waals surface area contributed by atoms with Crippen LogP contribution in [0.4, 0.5) is 0 Å². The standard InChI is InChI=1S/C7H15N3OS/c8-10-7(11)5-12-6-1-3-9-4-2-6/h6,9H,1-5,8H2,(H,10,11). The SMILES string of the molecule is NNC(=O)CSC1CCNCC1. The number of rotatable bonds is 3. The summed E-state index contributed by atoms with van der Waals surface area (Å²) in [6.45, 7) is 2.14. The molecule has 0 aromatic heterocycles. The van der Waals surface area contributed by atoms with E-state index in [4.69, 9.17) is 5.84 Å². The molecular weight excluding hydrogens is 174 g/mol. The number of piperidine rings is 1. The minimum atomic E-state index is -0.0847. The second-order valence-electron chi connectivity index (χ2n) is 2.83. The van der Waals surface area contributed by atoms with Gasteiger partial charge >= 0.3 is 0 Å². The molecule has 4 N–H and O–H groups in total. The maximum atomic E-state index is 10.8. The Morgan fingerprint density at radius 2 is 2.25 bits per heavy atom. The molecule has 0 aromatic rings. The van der Waals surface area contributed by atoms with E-state index in [0.717, 1.165) is 25.9 Å². The van der Waals surface area contributed by atoms with Crippen LogP contribution in [0.2, 0.25) is 0 Å². The zero-order chi connectivity index (χ0) is 8.81. The molecule has 5 heteroatoms. The van der Waals surface area contributed by atoms with E-state index < -0.39 is 0 Å². The summed E-state index contributed by atoms with van der Waals surface area (Å²) in [5.41, 5.74) is 2.13. The van der Waals surface area contributed by atoms with Crippen molar-refractivity contribution in [2.24, 2.45) is 5.84 Å². The number of amides is 1. The zero-order valence-electron chi connectivity index (χ0n) is 7.01. The molecule has 1 amide bonds. The Kier molecular flexibility index (Phi) is 4.42. The van der Waals surface area contributed by atoms with E-state index in [9.17, 15) is 4.79 Å². The Bertz CT molecular complexity index is 148. The van der Waals surface area contributed by atoms with Crippen LogP contribution in [0.25, 0.3) is 0 Å². The largest absolute Gasteiger partial charge is 0.317 e. The molecule has 12 heavy (non-hydrogen) atoms. The Morgan fingerprint density at radius 3 is 2.83 bits per heavy atom. The summed E-state index contributed by atoms with van der Waals surface area (Å²) in [6.07, 6.45) is 2.31. The molecule has 0 atom stereocenters. The van der Waals surface area contributed by atoms with Crippen molar-refractivity contribution in [2.45, 2.75) is 18.1 Å². The van der Waals surface area contributed by atoms with Crippen molar-refractivity contribution in [3.63, 3.8) is 0 Å². The summed E-state index contributed by atoms with van der Waals surface area (Å²) >= 11 is 1.70. The van der Waals surface area contributed by atoms with E-state index in [1.165, 1.54) is 0 Å². The number of thioether (sulfide) groups is 1. The maximum Gasteiger partial charge on any atom is 0.243 e. The molecule has 0 aromatic carbocycles. The van der Waals surface area contributed by atoms with Crippen LogP contribution < -0.4 is 16.6 Å². The third-order valence-corrected chi connectivity index (χ3v) is 3.27. The van der Waals surface area contributed by atoms with Crippen molar-refractivity contribution in [1.82, 2.24) is 10.7 Å². The van der Waals surface area contributed by atoms with Gasteiger partial charge in [0.1, 0.15) is 0 Å². The molecular formula is C7H15N3OS. The summed E-state index contributed by atoms with van der Waals surface area (Å²) in [7, 11) is 0. The predicted octanol–water partition coefficient (Wildman–Crippen LogP) is -0.539. The summed E-state index contributed by atoms with van der Waals surface area (Å²) in [5.74, 6) is 5.37. The Hall–Kier alpha value is -0.260. The quantitative estimate of drug-likeness (QED) is 0.317. The second-order valence-corrected chi connectivity index (χ2v) is 4.12. The lowest BCUT2D eigenvalue weighted by Crippen LogP contribution is -2.34. The average Bonchev–Trinajstić information content (AvgIpc) is 2.16. The first-order valence-electron chi connectivity index (χ1n) is 4.14. The van der Waals surface area contributed by atoms with E-state index >= 15 is 0 Å². The predicted molar refractivity (Wildman–Crippen MR) is 50.7 cm³/mol. The van der Waals surface area contributed by atoms with Gasteiger partial charge in [0.15, 0.2) is 0 Å². The van der Waals surface area contributed by atoms with Gasteiger partial charge in [-0.25, -0.2) is 5.84 Å². The molecule has 0 aliphatic carbocycles. The van der Waals surface area contributed by atoms with Crippen molar-refractivity contribution in [1.29, 1.82) is 0 Å². The van der Waals surface area contributed by atoms with Crippen LogP contribution in [0.1, 0.15) is 12.8 Å². The van der Waals surface area contributed by atoms with Gasteiger partial charge in [-0.15, -0.1) is 11.8 Å². The van der Waals surface area contributed by atoms with Gasteiger partial charge in [0.25, 0.3) is 0 Å². The first kappa shape index (κ1) is 9.83. The van der Waals surface area contributed by atoms with E-state index in [1.54, 1.807) is 11.8 Å². The Labute approximate surface area is 76.6 Å².